The lowest BCUT2D eigenvalue weighted by Gasteiger charge is -2.30. The van der Waals surface area contributed by atoms with Crippen molar-refractivity contribution in [1.29, 1.82) is 0 Å². The van der Waals surface area contributed by atoms with Crippen LogP contribution in [0, 0.1) is 11.7 Å². The largest absolute Gasteiger partial charge is 0.425 e. The number of nitrogens with zero attached hydrogens (tertiary/aromatic N) is 2. The van der Waals surface area contributed by atoms with Gasteiger partial charge in [-0.2, -0.15) is 18.3 Å². The minimum Gasteiger partial charge on any atom is -0.394 e. The first-order valence-electron chi connectivity index (χ1n) is 9.44. The molecule has 1 heterocycles. The van der Waals surface area contributed by atoms with Crippen molar-refractivity contribution in [2.75, 3.05) is 6.61 Å². The lowest BCUT2D eigenvalue weighted by Crippen LogP contribution is -2.42. The molecular formula is C21H20F4N2O3. The molecule has 0 bridgehead atoms. The smallest absolute Gasteiger partial charge is 0.394 e. The molecule has 2 aliphatic carbocycles. The summed E-state index contributed by atoms with van der Waals surface area (Å²) >= 11 is 0. The van der Waals surface area contributed by atoms with Crippen LogP contribution in [0.3, 0.4) is 0 Å². The highest BCUT2D eigenvalue weighted by atomic mass is 19.4. The average molecular weight is 424 g/mol. The Labute approximate surface area is 169 Å². The zero-order valence-electron chi connectivity index (χ0n) is 16.0. The summed E-state index contributed by atoms with van der Waals surface area (Å²) in [7, 11) is 0. The van der Waals surface area contributed by atoms with Crippen LogP contribution in [0.15, 0.2) is 42.3 Å². The van der Waals surface area contributed by atoms with Gasteiger partial charge in [-0.3, -0.25) is 4.68 Å². The van der Waals surface area contributed by atoms with Crippen molar-refractivity contribution in [2.45, 2.75) is 37.8 Å². The molecule has 0 aliphatic heterocycles. The summed E-state index contributed by atoms with van der Waals surface area (Å²) in [5.74, 6) is -1.12. The highest BCUT2D eigenvalue weighted by molar-refractivity contribution is 5.97. The molecule has 0 amide bonds. The molecule has 3 atom stereocenters. The monoisotopic (exact) mass is 424 g/mol. The Morgan fingerprint density at radius 2 is 2.07 bits per heavy atom. The third-order valence-corrected chi connectivity index (χ3v) is 5.55. The lowest BCUT2D eigenvalue weighted by atomic mass is 9.84. The Hall–Kier alpha value is -2.49. The molecule has 5 nitrogen and oxygen atoms in total. The first-order chi connectivity index (χ1) is 14.1. The van der Waals surface area contributed by atoms with Gasteiger partial charge in [0.1, 0.15) is 5.82 Å². The van der Waals surface area contributed by atoms with E-state index in [1.165, 1.54) is 23.2 Å². The number of alkyl halides is 3. The molecular weight excluding hydrogens is 404 g/mol. The Morgan fingerprint density at radius 3 is 2.73 bits per heavy atom. The SMILES string of the molecule is CC1C=C2C(=CC1)c1c(-c3cnn(C[C@@H](O)CO)c3)cc(F)cc1C2(O)C(F)(F)F. The van der Waals surface area contributed by atoms with Crippen LogP contribution >= 0.6 is 0 Å². The molecule has 0 spiro atoms. The van der Waals surface area contributed by atoms with Gasteiger partial charge >= 0.3 is 6.18 Å². The topological polar surface area (TPSA) is 78.5 Å². The average Bonchev–Trinajstić information content (AvgIpc) is 3.23. The maximum absolute atomic E-state index is 14.4. The van der Waals surface area contributed by atoms with Crippen molar-refractivity contribution in [3.05, 3.63) is 59.2 Å². The van der Waals surface area contributed by atoms with Crippen LogP contribution < -0.4 is 0 Å². The minimum atomic E-state index is -5.04. The molecule has 0 saturated carbocycles. The zero-order valence-corrected chi connectivity index (χ0v) is 16.0. The first-order valence-corrected chi connectivity index (χ1v) is 9.44. The van der Waals surface area contributed by atoms with E-state index >= 15 is 0 Å². The van der Waals surface area contributed by atoms with Crippen LogP contribution in [-0.4, -0.2) is 44.0 Å². The summed E-state index contributed by atoms with van der Waals surface area (Å²) < 4.78 is 58.0. The fraction of sp³-hybridized carbons (Fsp3) is 0.381. The molecule has 0 saturated heterocycles. The Bertz CT molecular complexity index is 1060. The van der Waals surface area contributed by atoms with Crippen molar-refractivity contribution >= 4 is 5.57 Å². The molecule has 0 fully saturated rings. The van der Waals surface area contributed by atoms with Gasteiger partial charge in [0.15, 0.2) is 0 Å². The van der Waals surface area contributed by atoms with E-state index < -0.39 is 35.9 Å². The normalized spacial score (nSPS) is 24.2. The van der Waals surface area contributed by atoms with Crippen molar-refractivity contribution in [3.8, 4) is 11.1 Å². The van der Waals surface area contributed by atoms with Crippen LogP contribution in [0.2, 0.25) is 0 Å². The summed E-state index contributed by atoms with van der Waals surface area (Å²) in [5, 5.41) is 33.5. The maximum atomic E-state index is 14.4. The third-order valence-electron chi connectivity index (χ3n) is 5.55. The molecule has 3 N–H and O–H groups in total. The second-order valence-electron chi connectivity index (χ2n) is 7.78. The number of fused-ring (bicyclic) bond motifs is 3. The molecule has 30 heavy (non-hydrogen) atoms. The fourth-order valence-electron chi connectivity index (χ4n) is 4.14. The second-order valence-corrected chi connectivity index (χ2v) is 7.78. The van der Waals surface area contributed by atoms with Gasteiger partial charge in [0.05, 0.1) is 25.5 Å². The number of hydrogen-bond acceptors (Lipinski definition) is 4. The van der Waals surface area contributed by atoms with E-state index in [9.17, 15) is 27.8 Å². The summed E-state index contributed by atoms with van der Waals surface area (Å²) in [4.78, 5) is 0. The number of halogens is 4. The maximum Gasteiger partial charge on any atom is 0.425 e. The third kappa shape index (κ3) is 3.08. The fourth-order valence-corrected chi connectivity index (χ4v) is 4.14. The van der Waals surface area contributed by atoms with Gasteiger partial charge in [0.2, 0.25) is 5.60 Å². The van der Waals surface area contributed by atoms with E-state index in [2.05, 4.69) is 5.10 Å². The highest BCUT2D eigenvalue weighted by Gasteiger charge is 2.63. The second kappa shape index (κ2) is 7.04. The van der Waals surface area contributed by atoms with Gasteiger partial charge in [-0.25, -0.2) is 4.39 Å². The first kappa shape index (κ1) is 20.8. The van der Waals surface area contributed by atoms with Gasteiger partial charge in [-0.15, -0.1) is 0 Å². The highest BCUT2D eigenvalue weighted by Crippen LogP contribution is 2.59. The van der Waals surface area contributed by atoms with Crippen LogP contribution in [0.25, 0.3) is 16.7 Å². The molecule has 1 aromatic heterocycles. The number of aliphatic hydroxyl groups excluding tert-OH is 2. The molecule has 4 rings (SSSR count). The standard InChI is InChI=1S/C21H20F4N2O3/c1-11-2-3-15-17(4-11)20(30,21(23,24)25)18-6-13(22)5-16(19(15)18)12-7-26-27(8-12)9-14(29)10-28/h3-8,11,14,28-30H,2,9-10H2,1H3/t11?,14-,20?/m1/s1. The van der Waals surface area contributed by atoms with E-state index in [1.807, 2.05) is 0 Å². The number of rotatable bonds is 4. The van der Waals surface area contributed by atoms with E-state index in [0.29, 0.717) is 12.0 Å². The van der Waals surface area contributed by atoms with Gasteiger partial charge < -0.3 is 15.3 Å². The predicted molar refractivity (Wildman–Crippen MR) is 101 cm³/mol. The molecule has 2 unspecified atom stereocenters. The van der Waals surface area contributed by atoms with E-state index in [1.54, 1.807) is 13.0 Å². The predicted octanol–water partition coefficient (Wildman–Crippen LogP) is 3.16. The number of benzene rings is 1. The molecule has 0 radical (unpaired) electrons. The van der Waals surface area contributed by atoms with Gasteiger partial charge in [0.25, 0.3) is 0 Å². The van der Waals surface area contributed by atoms with Crippen LogP contribution in [0.4, 0.5) is 17.6 Å². The van der Waals surface area contributed by atoms with E-state index in [-0.39, 0.29) is 34.7 Å². The zero-order chi connectivity index (χ0) is 21.8. The Morgan fingerprint density at radius 1 is 1.33 bits per heavy atom. The quantitative estimate of drug-likeness (QED) is 0.659. The number of aromatic nitrogens is 2. The van der Waals surface area contributed by atoms with Crippen LogP contribution in [0.1, 0.15) is 24.5 Å². The van der Waals surface area contributed by atoms with Crippen LogP contribution in [-0.2, 0) is 12.1 Å². The summed E-state index contributed by atoms with van der Waals surface area (Å²) in [5.41, 5.74) is -3.26. The van der Waals surface area contributed by atoms with Gasteiger partial charge in [0, 0.05) is 22.9 Å². The minimum absolute atomic E-state index is 0.0359. The number of hydrogen-bond donors (Lipinski definition) is 3. The number of allylic oxidation sites excluding steroid dienone is 2. The summed E-state index contributed by atoms with van der Waals surface area (Å²) in [6.07, 6.45) is 0.220. The van der Waals surface area contributed by atoms with E-state index in [4.69, 9.17) is 5.11 Å². The van der Waals surface area contributed by atoms with Crippen LogP contribution in [0.5, 0.6) is 0 Å². The molecule has 1 aromatic carbocycles. The molecule has 160 valence electrons. The Kier molecular flexibility index (Phi) is 4.87. The van der Waals surface area contributed by atoms with Crippen molar-refractivity contribution < 1.29 is 32.9 Å². The molecule has 2 aliphatic rings. The Balaban J connectivity index is 1.93. The molecule has 9 heteroatoms. The summed E-state index contributed by atoms with van der Waals surface area (Å²) in [6, 6.07) is 1.85. The van der Waals surface area contributed by atoms with Crippen molar-refractivity contribution in [2.24, 2.45) is 5.92 Å². The van der Waals surface area contributed by atoms with Crippen molar-refractivity contribution in [1.82, 2.24) is 9.78 Å². The van der Waals surface area contributed by atoms with Gasteiger partial charge in [-0.05, 0) is 41.2 Å². The summed E-state index contributed by atoms with van der Waals surface area (Å²) in [6.45, 7) is 1.23. The molecule has 2 aromatic rings. The van der Waals surface area contributed by atoms with Crippen molar-refractivity contribution in [3.63, 3.8) is 0 Å². The lowest BCUT2D eigenvalue weighted by molar-refractivity contribution is -0.247. The number of aliphatic hydroxyl groups is 3. The van der Waals surface area contributed by atoms with Gasteiger partial charge in [-0.1, -0.05) is 19.1 Å². The van der Waals surface area contributed by atoms with E-state index in [0.717, 1.165) is 12.1 Å².